The van der Waals surface area contributed by atoms with Crippen LogP contribution in [-0.2, 0) is 11.8 Å². The Balaban J connectivity index is 1.65. The molecule has 2 aromatic carbocycles. The van der Waals surface area contributed by atoms with E-state index in [2.05, 4.69) is 16.4 Å². The SMILES string of the molecule is Cn1c(=O)[nH]c2cccc(C(=O)Nc3cccc(C4CCOC4)c3)c21. The number of fused-ring (bicyclic) bond motifs is 1. The van der Waals surface area contributed by atoms with E-state index < -0.39 is 0 Å². The highest BCUT2D eigenvalue weighted by Crippen LogP contribution is 2.27. The van der Waals surface area contributed by atoms with Gasteiger partial charge in [-0.3, -0.25) is 9.36 Å². The van der Waals surface area contributed by atoms with Crippen molar-refractivity contribution in [3.63, 3.8) is 0 Å². The number of anilines is 1. The lowest BCUT2D eigenvalue weighted by molar-refractivity contribution is 0.102. The molecule has 1 aliphatic rings. The Labute approximate surface area is 144 Å². The summed E-state index contributed by atoms with van der Waals surface area (Å²) in [7, 11) is 1.65. The molecule has 0 aliphatic carbocycles. The van der Waals surface area contributed by atoms with Gasteiger partial charge in [0.1, 0.15) is 0 Å². The van der Waals surface area contributed by atoms with Crippen LogP contribution >= 0.6 is 0 Å². The van der Waals surface area contributed by atoms with Gasteiger partial charge in [0.05, 0.1) is 23.2 Å². The first-order chi connectivity index (χ1) is 12.1. The molecule has 25 heavy (non-hydrogen) atoms. The van der Waals surface area contributed by atoms with E-state index in [-0.39, 0.29) is 11.6 Å². The van der Waals surface area contributed by atoms with Gasteiger partial charge in [0, 0.05) is 25.3 Å². The van der Waals surface area contributed by atoms with E-state index in [1.165, 1.54) is 10.1 Å². The second-order valence-corrected chi connectivity index (χ2v) is 6.33. The minimum atomic E-state index is -0.238. The van der Waals surface area contributed by atoms with E-state index in [1.807, 2.05) is 18.2 Å². The first kappa shape index (κ1) is 15.7. The van der Waals surface area contributed by atoms with E-state index in [4.69, 9.17) is 4.74 Å². The molecule has 1 amide bonds. The van der Waals surface area contributed by atoms with E-state index in [0.717, 1.165) is 25.3 Å². The summed E-state index contributed by atoms with van der Waals surface area (Å²) in [6.45, 7) is 1.51. The minimum absolute atomic E-state index is 0.236. The second-order valence-electron chi connectivity index (χ2n) is 6.33. The monoisotopic (exact) mass is 337 g/mol. The fourth-order valence-electron chi connectivity index (χ4n) is 3.36. The molecule has 0 bridgehead atoms. The van der Waals surface area contributed by atoms with Gasteiger partial charge in [0.25, 0.3) is 5.91 Å². The molecule has 6 nitrogen and oxygen atoms in total. The maximum absolute atomic E-state index is 12.8. The molecule has 6 heteroatoms. The Morgan fingerprint density at radius 1 is 1.28 bits per heavy atom. The van der Waals surface area contributed by atoms with Crippen molar-refractivity contribution in [3.05, 3.63) is 64.1 Å². The Morgan fingerprint density at radius 3 is 2.92 bits per heavy atom. The second kappa shape index (κ2) is 6.22. The zero-order valence-corrected chi connectivity index (χ0v) is 13.9. The average Bonchev–Trinajstić information content (AvgIpc) is 3.24. The summed E-state index contributed by atoms with van der Waals surface area (Å²) in [5, 5.41) is 2.94. The highest BCUT2D eigenvalue weighted by Gasteiger charge is 2.19. The molecule has 2 heterocycles. The van der Waals surface area contributed by atoms with Gasteiger partial charge in [-0.15, -0.1) is 0 Å². The predicted octanol–water partition coefficient (Wildman–Crippen LogP) is 2.62. The topological polar surface area (TPSA) is 76.1 Å². The first-order valence-corrected chi connectivity index (χ1v) is 8.30. The van der Waals surface area contributed by atoms with E-state index in [0.29, 0.717) is 22.5 Å². The number of ether oxygens (including phenoxy) is 1. The summed E-state index contributed by atoms with van der Waals surface area (Å²) >= 11 is 0. The van der Waals surface area contributed by atoms with Crippen molar-refractivity contribution in [1.29, 1.82) is 0 Å². The summed E-state index contributed by atoms with van der Waals surface area (Å²) in [4.78, 5) is 27.3. The van der Waals surface area contributed by atoms with Crippen LogP contribution in [-0.4, -0.2) is 28.7 Å². The number of aromatic nitrogens is 2. The molecular weight excluding hydrogens is 318 g/mol. The van der Waals surface area contributed by atoms with Crippen molar-refractivity contribution in [1.82, 2.24) is 9.55 Å². The van der Waals surface area contributed by atoms with Crippen molar-refractivity contribution in [3.8, 4) is 0 Å². The Kier molecular flexibility index (Phi) is 3.89. The zero-order chi connectivity index (χ0) is 17.4. The molecular formula is C19H19N3O3. The molecule has 0 saturated carbocycles. The lowest BCUT2D eigenvalue weighted by Gasteiger charge is -2.11. The Hall–Kier alpha value is -2.86. The molecule has 1 fully saturated rings. The molecule has 1 unspecified atom stereocenters. The highest BCUT2D eigenvalue weighted by atomic mass is 16.5. The number of carbonyl (C=O) groups excluding carboxylic acids is 1. The Morgan fingerprint density at radius 2 is 2.12 bits per heavy atom. The summed E-state index contributed by atoms with van der Waals surface area (Å²) in [6, 6.07) is 13.1. The number of aryl methyl sites for hydroxylation is 1. The number of nitrogens with zero attached hydrogens (tertiary/aromatic N) is 1. The number of hydrogen-bond donors (Lipinski definition) is 2. The van der Waals surface area contributed by atoms with Gasteiger partial charge < -0.3 is 15.0 Å². The molecule has 1 saturated heterocycles. The Bertz CT molecular complexity index is 997. The maximum Gasteiger partial charge on any atom is 0.326 e. The van der Waals surface area contributed by atoms with Gasteiger partial charge in [-0.2, -0.15) is 0 Å². The number of H-pyrrole nitrogens is 1. The van der Waals surface area contributed by atoms with E-state index in [1.54, 1.807) is 25.2 Å². The van der Waals surface area contributed by atoms with Crippen LogP contribution in [0, 0.1) is 0 Å². The molecule has 128 valence electrons. The normalized spacial score (nSPS) is 17.1. The standard InChI is InChI=1S/C19H19N3O3/c1-22-17-15(6-3-7-16(17)21-19(22)24)18(23)20-14-5-2-4-12(10-14)13-8-9-25-11-13/h2-7,10,13H,8-9,11H2,1H3,(H,20,23)(H,21,24). The van der Waals surface area contributed by atoms with Crippen LogP contribution in [0.15, 0.2) is 47.3 Å². The van der Waals surface area contributed by atoms with Crippen LogP contribution in [0.5, 0.6) is 0 Å². The number of nitrogens with one attached hydrogen (secondary N) is 2. The van der Waals surface area contributed by atoms with E-state index >= 15 is 0 Å². The van der Waals surface area contributed by atoms with Gasteiger partial charge in [-0.1, -0.05) is 18.2 Å². The third-order valence-electron chi connectivity index (χ3n) is 4.71. The third-order valence-corrected chi connectivity index (χ3v) is 4.71. The molecule has 2 N–H and O–H groups in total. The number of imidazole rings is 1. The fourth-order valence-corrected chi connectivity index (χ4v) is 3.36. The molecule has 0 spiro atoms. The van der Waals surface area contributed by atoms with Crippen LogP contribution in [0.1, 0.15) is 28.3 Å². The number of aromatic amines is 1. The average molecular weight is 337 g/mol. The van der Waals surface area contributed by atoms with Crippen molar-refractivity contribution < 1.29 is 9.53 Å². The van der Waals surface area contributed by atoms with Crippen molar-refractivity contribution in [2.45, 2.75) is 12.3 Å². The lowest BCUT2D eigenvalue weighted by Crippen LogP contribution is -2.16. The van der Waals surface area contributed by atoms with Crippen molar-refractivity contribution in [2.75, 3.05) is 18.5 Å². The smallest absolute Gasteiger partial charge is 0.326 e. The number of para-hydroxylation sites is 1. The van der Waals surface area contributed by atoms with Crippen LogP contribution in [0.2, 0.25) is 0 Å². The van der Waals surface area contributed by atoms with Crippen molar-refractivity contribution >= 4 is 22.6 Å². The summed E-state index contributed by atoms with van der Waals surface area (Å²) in [5.74, 6) is 0.144. The molecule has 1 aliphatic heterocycles. The predicted molar refractivity (Wildman–Crippen MR) is 96.1 cm³/mol. The van der Waals surface area contributed by atoms with Crippen molar-refractivity contribution in [2.24, 2.45) is 7.05 Å². The molecule has 4 rings (SSSR count). The summed E-state index contributed by atoms with van der Waals surface area (Å²) in [6.07, 6.45) is 1.00. The van der Waals surface area contributed by atoms with Gasteiger partial charge in [0.15, 0.2) is 0 Å². The number of amides is 1. The van der Waals surface area contributed by atoms with Crippen LogP contribution in [0.3, 0.4) is 0 Å². The third kappa shape index (κ3) is 2.85. The molecule has 1 atom stereocenters. The van der Waals surface area contributed by atoms with Gasteiger partial charge >= 0.3 is 5.69 Å². The highest BCUT2D eigenvalue weighted by molar-refractivity contribution is 6.11. The quantitative estimate of drug-likeness (QED) is 0.771. The maximum atomic E-state index is 12.8. The number of rotatable bonds is 3. The van der Waals surface area contributed by atoms with Crippen LogP contribution in [0.4, 0.5) is 5.69 Å². The number of hydrogen-bond acceptors (Lipinski definition) is 3. The zero-order valence-electron chi connectivity index (χ0n) is 13.9. The van der Waals surface area contributed by atoms with Gasteiger partial charge in [-0.25, -0.2) is 4.79 Å². The molecule has 0 radical (unpaired) electrons. The fraction of sp³-hybridized carbons (Fsp3) is 0.263. The first-order valence-electron chi connectivity index (χ1n) is 8.30. The van der Waals surface area contributed by atoms with Gasteiger partial charge in [-0.05, 0) is 36.2 Å². The number of benzene rings is 2. The molecule has 3 aromatic rings. The summed E-state index contributed by atoms with van der Waals surface area (Å²) in [5.41, 5.74) is 3.39. The summed E-state index contributed by atoms with van der Waals surface area (Å²) < 4.78 is 6.90. The largest absolute Gasteiger partial charge is 0.381 e. The van der Waals surface area contributed by atoms with Crippen LogP contribution in [0.25, 0.3) is 11.0 Å². The van der Waals surface area contributed by atoms with Gasteiger partial charge in [0.2, 0.25) is 0 Å². The molecule has 1 aromatic heterocycles. The lowest BCUT2D eigenvalue weighted by atomic mass is 9.98. The van der Waals surface area contributed by atoms with E-state index in [9.17, 15) is 9.59 Å². The van der Waals surface area contributed by atoms with Crippen LogP contribution < -0.4 is 11.0 Å². The number of carbonyl (C=O) groups is 1. The minimum Gasteiger partial charge on any atom is -0.381 e.